The normalized spacial score (nSPS) is 11.2. The van der Waals surface area contributed by atoms with Gasteiger partial charge in [0.15, 0.2) is 0 Å². The number of hydrogen-bond donors (Lipinski definition) is 3. The summed E-state index contributed by atoms with van der Waals surface area (Å²) in [4.78, 5) is 33.4. The first-order chi connectivity index (χ1) is 17.7. The topological polar surface area (TPSA) is 125 Å². The third kappa shape index (κ3) is 3.96. The van der Waals surface area contributed by atoms with E-state index in [-0.39, 0.29) is 5.91 Å². The molecule has 3 N–H and O–H groups in total. The molecule has 0 bridgehead atoms. The Labute approximate surface area is 206 Å². The van der Waals surface area contributed by atoms with Crippen LogP contribution in [0.25, 0.3) is 55.8 Å². The Morgan fingerprint density at radius 2 is 1.81 bits per heavy atom. The van der Waals surface area contributed by atoms with Crippen LogP contribution in [-0.2, 0) is 4.79 Å². The van der Waals surface area contributed by atoms with Gasteiger partial charge in [0.2, 0.25) is 5.91 Å². The van der Waals surface area contributed by atoms with Crippen LogP contribution in [0.2, 0.25) is 0 Å². The van der Waals surface area contributed by atoms with Crippen molar-refractivity contribution in [2.75, 3.05) is 5.32 Å². The predicted octanol–water partition coefficient (Wildman–Crippen LogP) is 5.36. The quantitative estimate of drug-likeness (QED) is 0.298. The van der Waals surface area contributed by atoms with Gasteiger partial charge in [0.1, 0.15) is 5.69 Å². The number of nitrogens with one attached hydrogen (secondary N) is 3. The minimum Gasteiger partial charge on any atom is -0.353 e. The van der Waals surface area contributed by atoms with Crippen LogP contribution in [0.5, 0.6) is 0 Å². The molecule has 0 spiro atoms. The van der Waals surface area contributed by atoms with Crippen molar-refractivity contribution in [1.82, 2.24) is 35.1 Å². The zero-order valence-electron chi connectivity index (χ0n) is 19.5. The van der Waals surface area contributed by atoms with Crippen molar-refractivity contribution in [2.24, 2.45) is 0 Å². The fraction of sp³-hybridized carbons (Fsp3) is 0.111. The number of anilines is 1. The molecule has 0 aliphatic carbocycles. The third-order valence-corrected chi connectivity index (χ3v) is 5.95. The number of hydrogen-bond acceptors (Lipinski definition) is 6. The number of carbonyl (C=O) groups excluding carboxylic acids is 1. The van der Waals surface area contributed by atoms with Crippen LogP contribution >= 0.6 is 0 Å². The Bertz CT molecular complexity index is 1700. The zero-order valence-corrected chi connectivity index (χ0v) is 19.5. The lowest BCUT2D eigenvalue weighted by atomic mass is 10.1. The van der Waals surface area contributed by atoms with Crippen molar-refractivity contribution in [3.63, 3.8) is 0 Å². The Kier molecular flexibility index (Phi) is 5.42. The molecule has 0 radical (unpaired) electrons. The highest BCUT2D eigenvalue weighted by Crippen LogP contribution is 2.33. The van der Waals surface area contributed by atoms with Crippen molar-refractivity contribution >= 4 is 33.4 Å². The number of aromatic amines is 2. The maximum absolute atomic E-state index is 12.0. The molecule has 36 heavy (non-hydrogen) atoms. The second kappa shape index (κ2) is 9.03. The molecule has 6 rings (SSSR count). The van der Waals surface area contributed by atoms with Crippen LogP contribution in [0.4, 0.5) is 5.69 Å². The molecule has 0 unspecified atom stereocenters. The SMILES string of the molecule is CCCC(=O)Nc1cncc(-c2cc3c(-c4cc5c(-c6ccccn6)nccc5[nH]4)n[nH]c3cn2)c1. The van der Waals surface area contributed by atoms with Gasteiger partial charge in [0.25, 0.3) is 0 Å². The monoisotopic (exact) mass is 474 g/mol. The van der Waals surface area contributed by atoms with Crippen LogP contribution < -0.4 is 5.32 Å². The molecule has 1 amide bonds. The lowest BCUT2D eigenvalue weighted by Gasteiger charge is -2.06. The van der Waals surface area contributed by atoms with E-state index in [0.717, 1.165) is 62.3 Å². The molecule has 0 aromatic carbocycles. The van der Waals surface area contributed by atoms with Gasteiger partial charge in [-0.1, -0.05) is 13.0 Å². The average Bonchev–Trinajstić information content (AvgIpc) is 3.53. The van der Waals surface area contributed by atoms with Crippen molar-refractivity contribution in [3.8, 4) is 34.0 Å². The Morgan fingerprint density at radius 3 is 2.67 bits per heavy atom. The molecule has 6 aromatic rings. The van der Waals surface area contributed by atoms with Crippen LogP contribution in [-0.4, -0.2) is 41.0 Å². The fourth-order valence-electron chi connectivity index (χ4n) is 4.27. The van der Waals surface area contributed by atoms with E-state index in [1.165, 1.54) is 0 Å². The highest BCUT2D eigenvalue weighted by atomic mass is 16.1. The highest BCUT2D eigenvalue weighted by molar-refractivity contribution is 6.00. The molecule has 6 heterocycles. The summed E-state index contributed by atoms with van der Waals surface area (Å²) in [7, 11) is 0. The fourth-order valence-corrected chi connectivity index (χ4v) is 4.27. The predicted molar refractivity (Wildman–Crippen MR) is 139 cm³/mol. The van der Waals surface area contributed by atoms with Crippen LogP contribution in [0.15, 0.2) is 73.4 Å². The summed E-state index contributed by atoms with van der Waals surface area (Å²) in [6.45, 7) is 1.97. The van der Waals surface area contributed by atoms with E-state index < -0.39 is 0 Å². The summed E-state index contributed by atoms with van der Waals surface area (Å²) in [5, 5.41) is 12.4. The number of pyridine rings is 4. The molecule has 0 saturated heterocycles. The van der Waals surface area contributed by atoms with Crippen LogP contribution in [0.3, 0.4) is 0 Å². The largest absolute Gasteiger partial charge is 0.353 e. The Morgan fingerprint density at radius 1 is 0.889 bits per heavy atom. The lowest BCUT2D eigenvalue weighted by Crippen LogP contribution is -2.10. The van der Waals surface area contributed by atoms with Crippen molar-refractivity contribution < 1.29 is 4.79 Å². The van der Waals surface area contributed by atoms with Gasteiger partial charge >= 0.3 is 0 Å². The highest BCUT2D eigenvalue weighted by Gasteiger charge is 2.16. The lowest BCUT2D eigenvalue weighted by molar-refractivity contribution is -0.116. The average molecular weight is 475 g/mol. The molecule has 9 heteroatoms. The second-order valence-electron chi connectivity index (χ2n) is 8.47. The van der Waals surface area contributed by atoms with E-state index in [9.17, 15) is 4.79 Å². The van der Waals surface area contributed by atoms with Gasteiger partial charge in [-0.15, -0.1) is 0 Å². The number of rotatable bonds is 6. The summed E-state index contributed by atoms with van der Waals surface area (Å²) >= 11 is 0. The molecule has 0 saturated carbocycles. The second-order valence-corrected chi connectivity index (χ2v) is 8.47. The van der Waals surface area contributed by atoms with Crippen LogP contribution in [0, 0.1) is 0 Å². The maximum atomic E-state index is 12.0. The van der Waals surface area contributed by atoms with Crippen molar-refractivity contribution in [2.45, 2.75) is 19.8 Å². The Balaban J connectivity index is 1.40. The number of fused-ring (bicyclic) bond motifs is 2. The molecular formula is C27H22N8O. The van der Waals surface area contributed by atoms with Gasteiger partial charge in [-0.2, -0.15) is 5.10 Å². The number of H-pyrrole nitrogens is 2. The summed E-state index contributed by atoms with van der Waals surface area (Å²) in [5.41, 5.74) is 7.20. The van der Waals surface area contributed by atoms with E-state index in [0.29, 0.717) is 12.1 Å². The van der Waals surface area contributed by atoms with Crippen LogP contribution in [0.1, 0.15) is 19.8 Å². The smallest absolute Gasteiger partial charge is 0.224 e. The molecule has 0 atom stereocenters. The number of carbonyl (C=O) groups is 1. The van der Waals surface area contributed by atoms with E-state index in [1.807, 2.05) is 49.4 Å². The number of amides is 1. The van der Waals surface area contributed by atoms with E-state index in [1.54, 1.807) is 31.0 Å². The van der Waals surface area contributed by atoms with Gasteiger partial charge < -0.3 is 10.3 Å². The third-order valence-electron chi connectivity index (χ3n) is 5.95. The van der Waals surface area contributed by atoms with Gasteiger partial charge in [-0.05, 0) is 42.8 Å². The summed E-state index contributed by atoms with van der Waals surface area (Å²) in [6.07, 6.45) is 9.91. The minimum atomic E-state index is -0.0321. The summed E-state index contributed by atoms with van der Waals surface area (Å²) < 4.78 is 0. The van der Waals surface area contributed by atoms with Crippen molar-refractivity contribution in [1.29, 1.82) is 0 Å². The van der Waals surface area contributed by atoms with E-state index >= 15 is 0 Å². The van der Waals surface area contributed by atoms with Crippen molar-refractivity contribution in [3.05, 3.63) is 73.4 Å². The first-order valence-electron chi connectivity index (χ1n) is 11.7. The first kappa shape index (κ1) is 21.6. The Hall–Kier alpha value is -4.92. The molecule has 0 aliphatic rings. The summed E-state index contributed by atoms with van der Waals surface area (Å²) in [5.74, 6) is -0.0321. The molecule has 9 nitrogen and oxygen atoms in total. The number of aromatic nitrogens is 7. The van der Waals surface area contributed by atoms with Gasteiger partial charge in [-0.25, -0.2) is 0 Å². The summed E-state index contributed by atoms with van der Waals surface area (Å²) in [6, 6.07) is 13.6. The zero-order chi connectivity index (χ0) is 24.5. The molecule has 6 aromatic heterocycles. The van der Waals surface area contributed by atoms with E-state index in [2.05, 4.69) is 40.4 Å². The van der Waals surface area contributed by atoms with E-state index in [4.69, 9.17) is 0 Å². The van der Waals surface area contributed by atoms with Gasteiger partial charge in [-0.3, -0.25) is 29.8 Å². The molecule has 0 fully saturated rings. The maximum Gasteiger partial charge on any atom is 0.224 e. The minimum absolute atomic E-state index is 0.0321. The first-order valence-corrected chi connectivity index (χ1v) is 11.7. The molecule has 0 aliphatic heterocycles. The van der Waals surface area contributed by atoms with Gasteiger partial charge in [0.05, 0.1) is 46.4 Å². The number of nitrogens with zero attached hydrogens (tertiary/aromatic N) is 5. The standard InChI is InChI=1S/C27H22N8O/c1-2-5-25(36)32-17-10-16(13-28-14-17)22-11-19-24(15-31-22)34-35-27(19)23-12-18-20(33-23)7-9-30-26(18)21-6-3-4-8-29-21/h3-4,6-15,33H,2,5H2,1H3,(H,32,36)(H,34,35). The molecule has 176 valence electrons. The van der Waals surface area contributed by atoms with Gasteiger partial charge in [0, 0.05) is 46.9 Å². The molecular weight excluding hydrogens is 452 g/mol.